The monoisotopic (exact) mass is 576 g/mol. The van der Waals surface area contributed by atoms with Crippen molar-refractivity contribution >= 4 is 40.0 Å². The second-order valence-electron chi connectivity index (χ2n) is 10.3. The minimum absolute atomic E-state index is 0.0100. The molecule has 0 atom stereocenters. The maximum absolute atomic E-state index is 14.3. The Bertz CT molecular complexity index is 1800. The highest BCUT2D eigenvalue weighted by atomic mass is 19.1. The van der Waals surface area contributed by atoms with Crippen LogP contribution in [0.2, 0.25) is 0 Å². The van der Waals surface area contributed by atoms with Gasteiger partial charge >= 0.3 is 6.03 Å². The summed E-state index contributed by atoms with van der Waals surface area (Å²) in [7, 11) is 2.04. The summed E-state index contributed by atoms with van der Waals surface area (Å²) in [5.74, 6) is 0.126. The number of pyridine rings is 1. The molecule has 5 aromatic rings. The fraction of sp³-hybridized carbons (Fsp3) is 0.156. The molecule has 10 nitrogen and oxygen atoms in total. The highest BCUT2D eigenvalue weighted by Crippen LogP contribution is 2.29. The minimum atomic E-state index is -0.565. The second kappa shape index (κ2) is 11.8. The van der Waals surface area contributed by atoms with Gasteiger partial charge in [-0.05, 0) is 85.4 Å². The van der Waals surface area contributed by atoms with Crippen LogP contribution in [0.3, 0.4) is 0 Å². The molecule has 0 spiro atoms. The molecule has 1 saturated heterocycles. The number of hydrogen-bond acceptors (Lipinski definition) is 7. The van der Waals surface area contributed by atoms with Gasteiger partial charge in [-0.1, -0.05) is 6.07 Å². The summed E-state index contributed by atoms with van der Waals surface area (Å²) in [4.78, 5) is 42.2. The maximum Gasteiger partial charge on any atom is 0.323 e. The highest BCUT2D eigenvalue weighted by Gasteiger charge is 2.20. The van der Waals surface area contributed by atoms with Crippen LogP contribution in [0.15, 0.2) is 85.1 Å². The molecule has 3 amide bonds. The number of benzene rings is 3. The number of rotatable bonds is 5. The largest absolute Gasteiger partial charge is 0.383 e. The lowest BCUT2D eigenvalue weighted by Crippen LogP contribution is -2.47. The van der Waals surface area contributed by atoms with Crippen molar-refractivity contribution < 1.29 is 14.0 Å². The van der Waals surface area contributed by atoms with E-state index in [1.807, 2.05) is 11.9 Å². The van der Waals surface area contributed by atoms with Crippen LogP contribution in [0.25, 0.3) is 33.4 Å². The van der Waals surface area contributed by atoms with Gasteiger partial charge in [0.2, 0.25) is 5.95 Å². The van der Waals surface area contributed by atoms with Gasteiger partial charge in [0.1, 0.15) is 5.82 Å². The number of amides is 3. The molecule has 43 heavy (non-hydrogen) atoms. The van der Waals surface area contributed by atoms with Crippen LogP contribution in [-0.4, -0.2) is 69.9 Å². The number of likely N-dealkylation sites (N-methyl/N-ethyl adjacent to an activating group) is 1. The van der Waals surface area contributed by atoms with E-state index in [1.54, 1.807) is 78.9 Å². The molecule has 3 aromatic carbocycles. The number of urea groups is 1. The number of aromatic nitrogens is 3. The average Bonchev–Trinajstić information content (AvgIpc) is 3.02. The predicted octanol–water partition coefficient (Wildman–Crippen LogP) is 5.11. The van der Waals surface area contributed by atoms with Crippen LogP contribution in [-0.2, 0) is 0 Å². The standard InChI is InChI=1S/C32H29FN8O2/c1-40-15-17-41(18-16-40)31(42)21-6-11-24(12-7-21)37-32(43)36-23-9-4-20(5-10-23)30-38-27-19-22(8-13-26(27)29(34)39-30)25-3-2-14-35-28(25)33/h2-14,19H,15-18H2,1H3,(H2,34,38,39)(H2,36,37,43). The number of halogens is 1. The number of nitrogen functional groups attached to an aromatic ring is 1. The van der Waals surface area contributed by atoms with E-state index in [1.165, 1.54) is 6.20 Å². The van der Waals surface area contributed by atoms with E-state index in [0.717, 1.165) is 13.1 Å². The number of anilines is 3. The fourth-order valence-electron chi connectivity index (χ4n) is 4.94. The molecule has 2 aromatic heterocycles. The van der Waals surface area contributed by atoms with Crippen LogP contribution in [0.4, 0.5) is 26.4 Å². The predicted molar refractivity (Wildman–Crippen MR) is 165 cm³/mol. The number of piperazine rings is 1. The van der Waals surface area contributed by atoms with E-state index in [9.17, 15) is 14.0 Å². The smallest absolute Gasteiger partial charge is 0.323 e. The van der Waals surface area contributed by atoms with Crippen LogP contribution in [0.1, 0.15) is 10.4 Å². The molecule has 1 aliphatic rings. The third-order valence-corrected chi connectivity index (χ3v) is 7.38. The van der Waals surface area contributed by atoms with Gasteiger partial charge in [-0.25, -0.2) is 19.7 Å². The Morgan fingerprint density at radius 2 is 1.49 bits per heavy atom. The molecule has 0 saturated carbocycles. The quantitative estimate of drug-likeness (QED) is 0.248. The fourth-order valence-corrected chi connectivity index (χ4v) is 4.94. The molecular formula is C32H29FN8O2. The summed E-state index contributed by atoms with van der Waals surface area (Å²) in [6.45, 7) is 3.11. The Morgan fingerprint density at radius 1 is 0.837 bits per heavy atom. The molecule has 6 rings (SSSR count). The normalized spacial score (nSPS) is 13.6. The number of carbonyl (C=O) groups excluding carboxylic acids is 2. The van der Waals surface area contributed by atoms with E-state index < -0.39 is 12.0 Å². The van der Waals surface area contributed by atoms with E-state index in [2.05, 4.69) is 30.5 Å². The van der Waals surface area contributed by atoms with Gasteiger partial charge in [0.15, 0.2) is 5.82 Å². The molecule has 216 valence electrons. The van der Waals surface area contributed by atoms with Crippen molar-refractivity contribution in [3.8, 4) is 22.5 Å². The second-order valence-corrected chi connectivity index (χ2v) is 10.3. The number of nitrogens with two attached hydrogens (primary N) is 1. The Kier molecular flexibility index (Phi) is 7.63. The molecule has 4 N–H and O–H groups in total. The SMILES string of the molecule is CN1CCN(C(=O)c2ccc(NC(=O)Nc3ccc(-c4nc(N)c5ccc(-c6cccnc6F)cc5n4)cc3)cc2)CC1. The van der Waals surface area contributed by atoms with Crippen molar-refractivity contribution in [3.63, 3.8) is 0 Å². The van der Waals surface area contributed by atoms with E-state index in [4.69, 9.17) is 5.73 Å². The zero-order valence-electron chi connectivity index (χ0n) is 23.4. The van der Waals surface area contributed by atoms with Crippen molar-refractivity contribution in [3.05, 3.63) is 96.6 Å². The van der Waals surface area contributed by atoms with Gasteiger partial charge in [0.25, 0.3) is 5.91 Å². The first kappa shape index (κ1) is 27.7. The summed E-state index contributed by atoms with van der Waals surface area (Å²) in [5, 5.41) is 6.24. The number of fused-ring (bicyclic) bond motifs is 1. The lowest BCUT2D eigenvalue weighted by atomic mass is 10.0. The Hall–Kier alpha value is -5.42. The van der Waals surface area contributed by atoms with Crippen LogP contribution in [0.5, 0.6) is 0 Å². The third-order valence-electron chi connectivity index (χ3n) is 7.38. The molecule has 0 radical (unpaired) electrons. The highest BCUT2D eigenvalue weighted by molar-refractivity contribution is 6.00. The van der Waals surface area contributed by atoms with Crippen molar-refractivity contribution in [2.45, 2.75) is 0 Å². The first-order valence-electron chi connectivity index (χ1n) is 13.8. The molecule has 1 aliphatic heterocycles. The molecule has 0 bridgehead atoms. The molecule has 11 heteroatoms. The van der Waals surface area contributed by atoms with E-state index in [-0.39, 0.29) is 5.91 Å². The number of hydrogen-bond donors (Lipinski definition) is 3. The first-order chi connectivity index (χ1) is 20.8. The summed E-state index contributed by atoms with van der Waals surface area (Å²) < 4.78 is 14.3. The summed E-state index contributed by atoms with van der Waals surface area (Å²) in [5.41, 5.74) is 10.2. The molecule has 3 heterocycles. The van der Waals surface area contributed by atoms with Crippen molar-refractivity contribution in [2.24, 2.45) is 0 Å². The van der Waals surface area contributed by atoms with Crippen LogP contribution < -0.4 is 16.4 Å². The van der Waals surface area contributed by atoms with Gasteiger partial charge in [-0.15, -0.1) is 0 Å². The zero-order chi connectivity index (χ0) is 29.9. The van der Waals surface area contributed by atoms with E-state index in [0.29, 0.717) is 69.3 Å². The molecule has 0 aliphatic carbocycles. The molecular weight excluding hydrogens is 547 g/mol. The van der Waals surface area contributed by atoms with Crippen molar-refractivity contribution in [1.82, 2.24) is 24.8 Å². The molecule has 1 fully saturated rings. The van der Waals surface area contributed by atoms with E-state index >= 15 is 0 Å². The summed E-state index contributed by atoms with van der Waals surface area (Å²) >= 11 is 0. The third kappa shape index (κ3) is 6.11. The minimum Gasteiger partial charge on any atom is -0.383 e. The van der Waals surface area contributed by atoms with Gasteiger partial charge < -0.3 is 26.2 Å². The van der Waals surface area contributed by atoms with Gasteiger partial charge in [0, 0.05) is 65.8 Å². The lowest BCUT2D eigenvalue weighted by molar-refractivity contribution is 0.0664. The maximum atomic E-state index is 14.3. The summed E-state index contributed by atoms with van der Waals surface area (Å²) in [6.07, 6.45) is 1.40. The number of nitrogens with zero attached hydrogens (tertiary/aromatic N) is 5. The van der Waals surface area contributed by atoms with Gasteiger partial charge in [0.05, 0.1) is 5.52 Å². The van der Waals surface area contributed by atoms with Crippen LogP contribution >= 0.6 is 0 Å². The lowest BCUT2D eigenvalue weighted by Gasteiger charge is -2.32. The Balaban J connectivity index is 1.11. The van der Waals surface area contributed by atoms with Gasteiger partial charge in [-0.3, -0.25) is 4.79 Å². The van der Waals surface area contributed by atoms with Gasteiger partial charge in [-0.2, -0.15) is 4.39 Å². The van der Waals surface area contributed by atoms with Crippen LogP contribution in [0, 0.1) is 5.95 Å². The molecule has 0 unspecified atom stereocenters. The Labute approximate surface area is 247 Å². The van der Waals surface area contributed by atoms with Crippen molar-refractivity contribution in [1.29, 1.82) is 0 Å². The zero-order valence-corrected chi connectivity index (χ0v) is 23.4. The number of nitrogens with one attached hydrogen (secondary N) is 2. The average molecular weight is 577 g/mol. The topological polar surface area (TPSA) is 129 Å². The number of carbonyl (C=O) groups is 2. The van der Waals surface area contributed by atoms with Crippen molar-refractivity contribution in [2.75, 3.05) is 49.6 Å². The Morgan fingerprint density at radius 3 is 2.16 bits per heavy atom. The summed E-state index contributed by atoms with van der Waals surface area (Å²) in [6, 6.07) is 22.1. The first-order valence-corrected chi connectivity index (χ1v) is 13.8.